The average molecular weight is 910 g/mol. The second-order valence-electron chi connectivity index (χ2n) is 18.3. The summed E-state index contributed by atoms with van der Waals surface area (Å²) in [4.78, 5) is 2.47. The van der Waals surface area contributed by atoms with Crippen LogP contribution in [-0.2, 0) is 5.41 Å². The molecule has 1 spiro atoms. The highest BCUT2D eigenvalue weighted by Crippen LogP contribution is 2.62. The van der Waals surface area contributed by atoms with Crippen molar-refractivity contribution in [1.82, 2.24) is 0 Å². The SMILES string of the molecule is c1ccc(-c2ccccc2-c2ccccc2-c2ccccc2N(c2ccc(-c3ccc4c(c3)sc3ccccc34)cc2)c2ccc3c(c2)-c2ccccc2C32c3ccccc3Oc3ccccc32)cc1. The third-order valence-corrected chi connectivity index (χ3v) is 15.7. The first-order valence-electron chi connectivity index (χ1n) is 24.0. The van der Waals surface area contributed by atoms with Crippen LogP contribution < -0.4 is 9.64 Å². The molecule has 0 bridgehead atoms. The van der Waals surface area contributed by atoms with Gasteiger partial charge in [0.2, 0.25) is 0 Å². The maximum atomic E-state index is 6.67. The molecule has 0 saturated carbocycles. The molecule has 0 unspecified atom stereocenters. The lowest BCUT2D eigenvalue weighted by molar-refractivity contribution is 0.436. The summed E-state index contributed by atoms with van der Waals surface area (Å²) < 4.78 is 9.29. The molecule has 0 atom stereocenters. The fourth-order valence-corrected chi connectivity index (χ4v) is 12.7. The molecular formula is C67H43NOS. The molecule has 1 aliphatic heterocycles. The predicted octanol–water partition coefficient (Wildman–Crippen LogP) is 18.7. The topological polar surface area (TPSA) is 12.5 Å². The first kappa shape index (κ1) is 40.3. The number of hydrogen-bond acceptors (Lipinski definition) is 3. The van der Waals surface area contributed by atoms with Gasteiger partial charge in [0.05, 0.1) is 11.1 Å². The van der Waals surface area contributed by atoms with Crippen LogP contribution >= 0.6 is 11.3 Å². The summed E-state index contributed by atoms with van der Waals surface area (Å²) in [5.74, 6) is 1.78. The number of anilines is 3. The number of fused-ring (bicyclic) bond motifs is 12. The highest BCUT2D eigenvalue weighted by atomic mass is 32.1. The monoisotopic (exact) mass is 909 g/mol. The molecule has 0 amide bonds. The maximum absolute atomic E-state index is 6.67. The second kappa shape index (κ2) is 16.2. The second-order valence-corrected chi connectivity index (χ2v) is 19.4. The first-order valence-corrected chi connectivity index (χ1v) is 24.8. The van der Waals surface area contributed by atoms with Crippen LogP contribution in [0.25, 0.3) is 75.8 Å². The Hall–Kier alpha value is -8.76. The Morgan fingerprint density at radius 2 is 0.814 bits per heavy atom. The van der Waals surface area contributed by atoms with E-state index in [0.29, 0.717) is 0 Å². The van der Waals surface area contributed by atoms with Gasteiger partial charge in [0.1, 0.15) is 11.5 Å². The van der Waals surface area contributed by atoms with E-state index in [1.807, 2.05) is 11.3 Å². The lowest BCUT2D eigenvalue weighted by Gasteiger charge is -2.39. The third-order valence-electron chi connectivity index (χ3n) is 14.6. The van der Waals surface area contributed by atoms with Crippen LogP contribution in [0.2, 0.25) is 0 Å². The van der Waals surface area contributed by atoms with E-state index in [4.69, 9.17) is 4.74 Å². The molecule has 12 aromatic rings. The molecule has 0 radical (unpaired) electrons. The van der Waals surface area contributed by atoms with E-state index in [1.165, 1.54) is 81.4 Å². The fraction of sp³-hybridized carbons (Fsp3) is 0.0149. The zero-order valence-corrected chi connectivity index (χ0v) is 38.9. The van der Waals surface area contributed by atoms with Crippen molar-refractivity contribution in [2.24, 2.45) is 0 Å². The molecule has 0 N–H and O–H groups in total. The van der Waals surface area contributed by atoms with Crippen molar-refractivity contribution >= 4 is 48.6 Å². The Morgan fingerprint density at radius 3 is 1.56 bits per heavy atom. The molecule has 2 aliphatic rings. The molecule has 70 heavy (non-hydrogen) atoms. The van der Waals surface area contributed by atoms with Crippen LogP contribution in [-0.4, -0.2) is 0 Å². The van der Waals surface area contributed by atoms with Gasteiger partial charge in [-0.3, -0.25) is 0 Å². The quantitative estimate of drug-likeness (QED) is 0.158. The van der Waals surface area contributed by atoms with Gasteiger partial charge >= 0.3 is 0 Å². The Balaban J connectivity index is 0.973. The van der Waals surface area contributed by atoms with Gasteiger partial charge in [-0.2, -0.15) is 0 Å². The molecule has 14 rings (SSSR count). The Labute approximate surface area is 411 Å². The van der Waals surface area contributed by atoms with Gasteiger partial charge in [-0.1, -0.05) is 206 Å². The largest absolute Gasteiger partial charge is 0.457 e. The summed E-state index contributed by atoms with van der Waals surface area (Å²) in [7, 11) is 0. The highest BCUT2D eigenvalue weighted by Gasteiger charge is 2.51. The minimum absolute atomic E-state index is 0.555. The summed E-state index contributed by atoms with van der Waals surface area (Å²) in [6.07, 6.45) is 0. The van der Waals surface area contributed by atoms with Crippen molar-refractivity contribution in [3.63, 3.8) is 0 Å². The van der Waals surface area contributed by atoms with Crippen molar-refractivity contribution in [1.29, 1.82) is 0 Å². The molecule has 2 nitrogen and oxygen atoms in total. The van der Waals surface area contributed by atoms with E-state index >= 15 is 0 Å². The number of rotatable bonds is 7. The minimum atomic E-state index is -0.555. The van der Waals surface area contributed by atoms with Gasteiger partial charge in [-0.25, -0.2) is 0 Å². The number of benzene rings is 11. The molecule has 0 saturated heterocycles. The summed E-state index contributed by atoms with van der Waals surface area (Å²) >= 11 is 1.86. The van der Waals surface area contributed by atoms with Gasteiger partial charge in [0.15, 0.2) is 0 Å². The third kappa shape index (κ3) is 6.19. The van der Waals surface area contributed by atoms with Crippen molar-refractivity contribution in [2.75, 3.05) is 4.90 Å². The van der Waals surface area contributed by atoms with Gasteiger partial charge in [-0.05, 0) is 116 Å². The normalized spacial score (nSPS) is 12.8. The molecule has 2 heterocycles. The smallest absolute Gasteiger partial charge is 0.132 e. The average Bonchev–Trinajstić information content (AvgIpc) is 3.95. The lowest BCUT2D eigenvalue weighted by atomic mass is 9.66. The van der Waals surface area contributed by atoms with Gasteiger partial charge in [0, 0.05) is 48.2 Å². The summed E-state index contributed by atoms with van der Waals surface area (Å²) in [5, 5.41) is 2.63. The van der Waals surface area contributed by atoms with Crippen molar-refractivity contribution < 1.29 is 4.74 Å². The van der Waals surface area contributed by atoms with Crippen LogP contribution in [0.15, 0.2) is 261 Å². The summed E-state index contributed by atoms with van der Waals surface area (Å²) in [6, 6.07) is 95.4. The van der Waals surface area contributed by atoms with E-state index in [9.17, 15) is 0 Å². The Morgan fingerprint density at radius 1 is 0.300 bits per heavy atom. The highest BCUT2D eigenvalue weighted by molar-refractivity contribution is 7.25. The van der Waals surface area contributed by atoms with E-state index in [0.717, 1.165) is 45.3 Å². The Kier molecular flexibility index (Phi) is 9.33. The van der Waals surface area contributed by atoms with Crippen LogP contribution in [0.1, 0.15) is 22.3 Å². The Bertz CT molecular complexity index is 3950. The van der Waals surface area contributed by atoms with Gasteiger partial charge in [-0.15, -0.1) is 11.3 Å². The molecule has 11 aromatic carbocycles. The molecule has 3 heteroatoms. The van der Waals surface area contributed by atoms with Gasteiger partial charge < -0.3 is 9.64 Å². The van der Waals surface area contributed by atoms with Crippen molar-refractivity contribution in [3.8, 4) is 67.1 Å². The van der Waals surface area contributed by atoms with E-state index < -0.39 is 5.41 Å². The molecule has 1 aliphatic carbocycles. The number of para-hydroxylation sites is 3. The summed E-state index contributed by atoms with van der Waals surface area (Å²) in [5.41, 5.74) is 19.5. The standard InChI is InChI=1S/C67H43NOS/c1-2-18-45(19-3-1)49-20-4-5-21-50(49)51-22-6-7-23-52(51)54-25-9-14-30-62(54)68(47-37-34-44(35-38-47)46-36-40-56-55-26-10-17-33-65(55)70-66(56)42-46)48-39-41-59-57(43-48)53-24-8-11-27-58(53)67(59)60-28-12-15-31-63(60)69-64-32-16-13-29-61(64)67/h1-43H. The predicted molar refractivity (Wildman–Crippen MR) is 293 cm³/mol. The van der Waals surface area contributed by atoms with Crippen LogP contribution in [0.5, 0.6) is 11.5 Å². The van der Waals surface area contributed by atoms with E-state index in [1.54, 1.807) is 0 Å². The fourth-order valence-electron chi connectivity index (χ4n) is 11.6. The molecule has 0 fully saturated rings. The molecule has 328 valence electrons. The lowest BCUT2D eigenvalue weighted by Crippen LogP contribution is -2.32. The minimum Gasteiger partial charge on any atom is -0.457 e. The maximum Gasteiger partial charge on any atom is 0.132 e. The number of thiophene rings is 1. The first-order chi connectivity index (χ1) is 34.7. The summed E-state index contributed by atoms with van der Waals surface area (Å²) in [6.45, 7) is 0. The van der Waals surface area contributed by atoms with E-state index in [2.05, 4.69) is 266 Å². The van der Waals surface area contributed by atoms with E-state index in [-0.39, 0.29) is 0 Å². The van der Waals surface area contributed by atoms with Crippen molar-refractivity contribution in [3.05, 3.63) is 283 Å². The molecular weight excluding hydrogens is 867 g/mol. The zero-order valence-electron chi connectivity index (χ0n) is 38.1. The number of ether oxygens (including phenoxy) is 1. The zero-order chi connectivity index (χ0) is 46.2. The van der Waals surface area contributed by atoms with Crippen LogP contribution in [0.3, 0.4) is 0 Å². The number of hydrogen-bond donors (Lipinski definition) is 0. The van der Waals surface area contributed by atoms with Gasteiger partial charge in [0.25, 0.3) is 0 Å². The van der Waals surface area contributed by atoms with Crippen LogP contribution in [0, 0.1) is 0 Å². The van der Waals surface area contributed by atoms with Crippen LogP contribution in [0.4, 0.5) is 17.1 Å². The molecule has 1 aromatic heterocycles. The number of nitrogens with zero attached hydrogens (tertiary/aromatic N) is 1. The van der Waals surface area contributed by atoms with Crippen molar-refractivity contribution in [2.45, 2.75) is 5.41 Å².